The van der Waals surface area contributed by atoms with E-state index in [9.17, 15) is 14.0 Å². The van der Waals surface area contributed by atoms with Crippen LogP contribution in [0.3, 0.4) is 0 Å². The van der Waals surface area contributed by atoms with Crippen LogP contribution in [0.25, 0.3) is 11.1 Å². The van der Waals surface area contributed by atoms with Crippen LogP contribution in [0.1, 0.15) is 28.1 Å². The monoisotopic (exact) mass is 482 g/mol. The van der Waals surface area contributed by atoms with Gasteiger partial charge in [0.2, 0.25) is 5.91 Å². The summed E-state index contributed by atoms with van der Waals surface area (Å²) in [7, 11) is 0. The van der Waals surface area contributed by atoms with E-state index in [-0.39, 0.29) is 19.0 Å². The number of anilines is 1. The molecule has 1 aliphatic heterocycles. The van der Waals surface area contributed by atoms with Crippen molar-refractivity contribution in [3.05, 3.63) is 69.4 Å². The number of amides is 2. The third kappa shape index (κ3) is 5.60. The molecule has 1 saturated heterocycles. The van der Waals surface area contributed by atoms with Crippen LogP contribution in [-0.4, -0.2) is 36.2 Å². The molecule has 0 spiro atoms. The minimum absolute atomic E-state index is 0.198. The van der Waals surface area contributed by atoms with Crippen LogP contribution in [0.2, 0.25) is 0 Å². The fraction of sp³-hybridized carbons (Fsp3) is 0.320. The van der Waals surface area contributed by atoms with Crippen LogP contribution in [-0.2, 0) is 22.6 Å². The Morgan fingerprint density at radius 3 is 2.62 bits per heavy atom. The number of nitrogens with zero attached hydrogens (tertiary/aromatic N) is 2. The van der Waals surface area contributed by atoms with E-state index in [0.29, 0.717) is 17.8 Å². The van der Waals surface area contributed by atoms with E-state index in [2.05, 4.69) is 15.6 Å². The highest BCUT2D eigenvalue weighted by atomic mass is 32.1. The average Bonchev–Trinajstić information content (AvgIpc) is 3.33. The number of thiazole rings is 1. The summed E-state index contributed by atoms with van der Waals surface area (Å²) in [5.74, 6) is -0.616. The number of benzene rings is 2. The van der Waals surface area contributed by atoms with Gasteiger partial charge in [0.1, 0.15) is 11.9 Å². The molecule has 2 aromatic carbocycles. The third-order valence-corrected chi connectivity index (χ3v) is 6.67. The predicted molar refractivity (Wildman–Crippen MR) is 130 cm³/mol. The van der Waals surface area contributed by atoms with Gasteiger partial charge in [-0.05, 0) is 43.2 Å². The van der Waals surface area contributed by atoms with Gasteiger partial charge in [-0.25, -0.2) is 14.2 Å². The van der Waals surface area contributed by atoms with Crippen molar-refractivity contribution in [3.63, 3.8) is 0 Å². The third-order valence-electron chi connectivity index (χ3n) is 5.60. The van der Waals surface area contributed by atoms with Gasteiger partial charge >= 0.3 is 6.09 Å². The van der Waals surface area contributed by atoms with Crippen molar-refractivity contribution in [2.45, 2.75) is 40.0 Å². The van der Waals surface area contributed by atoms with Crippen LogP contribution in [0.15, 0.2) is 42.5 Å². The summed E-state index contributed by atoms with van der Waals surface area (Å²) in [5.41, 5.74) is 3.81. The molecular formula is C25H27FN4O3S. The molecular weight excluding hydrogens is 455 g/mol. The molecule has 178 valence electrons. The molecule has 3 aromatic rings. The lowest BCUT2D eigenvalue weighted by atomic mass is 10.0. The molecule has 0 bridgehead atoms. The van der Waals surface area contributed by atoms with E-state index in [1.807, 2.05) is 38.1 Å². The Balaban J connectivity index is 1.37. The van der Waals surface area contributed by atoms with E-state index in [0.717, 1.165) is 28.4 Å². The van der Waals surface area contributed by atoms with Gasteiger partial charge in [0, 0.05) is 30.5 Å². The van der Waals surface area contributed by atoms with Crippen LogP contribution < -0.4 is 15.5 Å². The molecule has 1 fully saturated rings. The Morgan fingerprint density at radius 1 is 1.21 bits per heavy atom. The van der Waals surface area contributed by atoms with E-state index < -0.39 is 18.0 Å². The van der Waals surface area contributed by atoms with Gasteiger partial charge in [-0.15, -0.1) is 11.3 Å². The van der Waals surface area contributed by atoms with Crippen LogP contribution in [0, 0.1) is 19.7 Å². The van der Waals surface area contributed by atoms with E-state index in [1.54, 1.807) is 23.5 Å². The summed E-state index contributed by atoms with van der Waals surface area (Å²) in [4.78, 5) is 30.3. The van der Waals surface area contributed by atoms with Gasteiger partial charge in [0.25, 0.3) is 0 Å². The first-order valence-electron chi connectivity index (χ1n) is 11.0. The lowest BCUT2D eigenvalue weighted by Gasteiger charge is -2.15. The van der Waals surface area contributed by atoms with Crippen molar-refractivity contribution in [3.8, 4) is 11.1 Å². The zero-order valence-corrected chi connectivity index (χ0v) is 20.2. The molecule has 4 rings (SSSR count). The zero-order valence-electron chi connectivity index (χ0n) is 19.4. The molecule has 0 radical (unpaired) electrons. The number of aryl methyl sites for hydroxylation is 2. The zero-order chi connectivity index (χ0) is 24.2. The van der Waals surface area contributed by atoms with E-state index >= 15 is 0 Å². The Morgan fingerprint density at radius 2 is 1.97 bits per heavy atom. The molecule has 9 heteroatoms. The molecule has 2 amide bonds. The number of carbonyl (C=O) groups excluding carboxylic acids is 2. The number of carbonyl (C=O) groups is 2. The second kappa shape index (κ2) is 10.3. The Bertz CT molecular complexity index is 1200. The molecule has 2 N–H and O–H groups in total. The number of nitrogens with one attached hydrogen (secondary N) is 2. The highest BCUT2D eigenvalue weighted by molar-refractivity contribution is 7.11. The first kappa shape index (κ1) is 23.8. The molecule has 7 nitrogen and oxygen atoms in total. The lowest BCUT2D eigenvalue weighted by Crippen LogP contribution is -2.33. The van der Waals surface area contributed by atoms with E-state index in [4.69, 9.17) is 4.74 Å². The van der Waals surface area contributed by atoms with Gasteiger partial charge in [-0.1, -0.05) is 24.3 Å². The molecule has 1 unspecified atom stereocenters. The standard InChI is InChI=1S/C25H27FN4O3S/c1-15-24(34-17(3)29-15)13-27-11-18-4-6-19(7-5-18)22-9-8-20(10-23(22)26)30-14-21(33-25(30)32)12-28-16(2)31/h4-10,21,27H,11-14H2,1-3H3,(H,28,31). The topological polar surface area (TPSA) is 83.6 Å². The quantitative estimate of drug-likeness (QED) is 0.500. The van der Waals surface area contributed by atoms with Crippen molar-refractivity contribution in [2.24, 2.45) is 0 Å². The second-order valence-corrected chi connectivity index (χ2v) is 9.55. The SMILES string of the molecule is CC(=O)NCC1CN(c2ccc(-c3ccc(CNCc4sc(C)nc4C)cc3)c(F)c2)C(=O)O1. The number of halogens is 1. The van der Waals surface area contributed by atoms with Crippen molar-refractivity contribution in [1.29, 1.82) is 0 Å². The largest absolute Gasteiger partial charge is 0.442 e. The minimum atomic E-state index is -0.553. The van der Waals surface area contributed by atoms with Gasteiger partial charge < -0.3 is 15.4 Å². The maximum atomic E-state index is 14.9. The summed E-state index contributed by atoms with van der Waals surface area (Å²) in [5, 5.41) is 7.12. The molecule has 2 heterocycles. The number of cyclic esters (lactones) is 1. The smallest absolute Gasteiger partial charge is 0.414 e. The van der Waals surface area contributed by atoms with Gasteiger partial charge in [0.05, 0.1) is 29.5 Å². The molecule has 0 saturated carbocycles. The first-order valence-corrected chi connectivity index (χ1v) is 11.9. The Kier molecular flexibility index (Phi) is 7.23. The summed E-state index contributed by atoms with van der Waals surface area (Å²) in [6, 6.07) is 12.5. The molecule has 1 aromatic heterocycles. The fourth-order valence-corrected chi connectivity index (χ4v) is 4.77. The molecule has 1 atom stereocenters. The average molecular weight is 483 g/mol. The highest BCUT2D eigenvalue weighted by Crippen LogP contribution is 2.29. The summed E-state index contributed by atoms with van der Waals surface area (Å²) < 4.78 is 20.2. The Hall–Kier alpha value is -3.30. The normalized spacial score (nSPS) is 15.5. The van der Waals surface area contributed by atoms with Crippen LogP contribution in [0.4, 0.5) is 14.9 Å². The number of ether oxygens (including phenoxy) is 1. The van der Waals surface area contributed by atoms with Crippen molar-refractivity contribution in [1.82, 2.24) is 15.6 Å². The van der Waals surface area contributed by atoms with Gasteiger partial charge in [-0.3, -0.25) is 9.69 Å². The lowest BCUT2D eigenvalue weighted by molar-refractivity contribution is -0.119. The summed E-state index contributed by atoms with van der Waals surface area (Å²) >= 11 is 1.70. The number of rotatable bonds is 8. The molecule has 34 heavy (non-hydrogen) atoms. The van der Waals surface area contributed by atoms with E-state index in [1.165, 1.54) is 22.8 Å². The van der Waals surface area contributed by atoms with Crippen molar-refractivity contribution in [2.75, 3.05) is 18.0 Å². The molecule has 1 aliphatic rings. The fourth-order valence-electron chi connectivity index (χ4n) is 3.86. The summed E-state index contributed by atoms with van der Waals surface area (Å²) in [6.45, 7) is 7.37. The van der Waals surface area contributed by atoms with Gasteiger partial charge in [-0.2, -0.15) is 0 Å². The minimum Gasteiger partial charge on any atom is -0.442 e. The number of aromatic nitrogens is 1. The van der Waals surface area contributed by atoms with Crippen molar-refractivity contribution >= 4 is 29.0 Å². The second-order valence-electron chi connectivity index (χ2n) is 8.26. The van der Waals surface area contributed by atoms with Crippen LogP contribution in [0.5, 0.6) is 0 Å². The maximum Gasteiger partial charge on any atom is 0.414 e. The maximum absolute atomic E-state index is 14.9. The highest BCUT2D eigenvalue weighted by Gasteiger charge is 2.32. The van der Waals surface area contributed by atoms with Crippen molar-refractivity contribution < 1.29 is 18.7 Å². The summed E-state index contributed by atoms with van der Waals surface area (Å²) in [6.07, 6.45) is -1.02. The Labute approximate surface area is 202 Å². The molecule has 0 aliphatic carbocycles. The van der Waals surface area contributed by atoms with Gasteiger partial charge in [0.15, 0.2) is 0 Å². The number of hydrogen-bond acceptors (Lipinski definition) is 6. The first-order chi connectivity index (χ1) is 16.3. The number of hydrogen-bond donors (Lipinski definition) is 2. The van der Waals surface area contributed by atoms with Crippen LogP contribution >= 0.6 is 11.3 Å². The predicted octanol–water partition coefficient (Wildman–Crippen LogP) is 4.32.